The highest BCUT2D eigenvalue weighted by molar-refractivity contribution is 7.99. The lowest BCUT2D eigenvalue weighted by molar-refractivity contribution is -0.145. The van der Waals surface area contributed by atoms with Gasteiger partial charge in [0, 0.05) is 35.1 Å². The number of halogens is 1. The van der Waals surface area contributed by atoms with Crippen LogP contribution >= 0.6 is 11.8 Å². The van der Waals surface area contributed by atoms with Crippen molar-refractivity contribution < 1.29 is 28.2 Å². The van der Waals surface area contributed by atoms with Crippen LogP contribution in [0.2, 0.25) is 0 Å². The number of ketones is 1. The summed E-state index contributed by atoms with van der Waals surface area (Å²) in [6, 6.07) is 11.8. The van der Waals surface area contributed by atoms with Crippen molar-refractivity contribution in [3.8, 4) is 11.5 Å². The normalized spacial score (nSPS) is 21.3. The quantitative estimate of drug-likeness (QED) is 0.308. The van der Waals surface area contributed by atoms with E-state index in [4.69, 9.17) is 19.2 Å². The molecule has 3 atom stereocenters. The standard InChI is InChI=1S/C29H32FNO5S/c1-5-37-12-11-36-29(33)26-17(2)31-22-14-20(18-9-10-24(34-3)25(16-18)35-4)15-23(32)28(22)27(26)19-7-6-8-21(30)13-19/h6-10,13,16,20,26-27H,5,11-12,14-15H2,1-4H3/t20-,26?,27-/m0/s1. The first-order valence-corrected chi connectivity index (χ1v) is 13.6. The van der Waals surface area contributed by atoms with Gasteiger partial charge in [-0.25, -0.2) is 4.39 Å². The van der Waals surface area contributed by atoms with Gasteiger partial charge in [0.25, 0.3) is 0 Å². The number of thioether (sulfide) groups is 1. The van der Waals surface area contributed by atoms with Gasteiger partial charge < -0.3 is 14.2 Å². The summed E-state index contributed by atoms with van der Waals surface area (Å²) in [6.45, 7) is 4.11. The van der Waals surface area contributed by atoms with Crippen molar-refractivity contribution in [2.75, 3.05) is 32.3 Å². The molecule has 2 aliphatic rings. The fourth-order valence-electron chi connectivity index (χ4n) is 5.20. The minimum absolute atomic E-state index is 0.0918. The van der Waals surface area contributed by atoms with E-state index in [9.17, 15) is 14.0 Å². The highest BCUT2D eigenvalue weighted by Gasteiger charge is 2.45. The predicted molar refractivity (Wildman–Crippen MR) is 143 cm³/mol. The van der Waals surface area contributed by atoms with Gasteiger partial charge in [-0.05, 0) is 60.4 Å². The number of methoxy groups -OCH3 is 2. The van der Waals surface area contributed by atoms with E-state index in [0.29, 0.717) is 46.2 Å². The maximum atomic E-state index is 14.3. The molecule has 37 heavy (non-hydrogen) atoms. The lowest BCUT2D eigenvalue weighted by atomic mass is 9.69. The van der Waals surface area contributed by atoms with Gasteiger partial charge in [0.1, 0.15) is 18.3 Å². The third-order valence-corrected chi connectivity index (χ3v) is 7.77. The van der Waals surface area contributed by atoms with Gasteiger partial charge in [-0.3, -0.25) is 14.6 Å². The first-order valence-electron chi connectivity index (χ1n) is 12.4. The number of nitrogens with zero attached hydrogens (tertiary/aromatic N) is 1. The molecule has 4 rings (SSSR count). The topological polar surface area (TPSA) is 74.2 Å². The van der Waals surface area contributed by atoms with Crippen LogP contribution < -0.4 is 9.47 Å². The van der Waals surface area contributed by atoms with E-state index in [1.807, 2.05) is 25.1 Å². The summed E-state index contributed by atoms with van der Waals surface area (Å²) < 4.78 is 30.7. The van der Waals surface area contributed by atoms with E-state index in [0.717, 1.165) is 11.3 Å². The molecule has 2 aromatic carbocycles. The Morgan fingerprint density at radius 3 is 2.57 bits per heavy atom. The number of ether oxygens (including phenoxy) is 3. The maximum Gasteiger partial charge on any atom is 0.315 e. The van der Waals surface area contributed by atoms with Crippen LogP contribution in [0, 0.1) is 11.7 Å². The second kappa shape index (κ2) is 11.9. The number of carbonyl (C=O) groups is 2. The molecule has 8 heteroatoms. The van der Waals surface area contributed by atoms with E-state index in [2.05, 4.69) is 0 Å². The van der Waals surface area contributed by atoms with E-state index in [1.165, 1.54) is 12.1 Å². The summed E-state index contributed by atoms with van der Waals surface area (Å²) in [6.07, 6.45) is 0.776. The van der Waals surface area contributed by atoms with Crippen molar-refractivity contribution in [1.29, 1.82) is 0 Å². The zero-order valence-corrected chi connectivity index (χ0v) is 22.4. The van der Waals surface area contributed by atoms with Gasteiger partial charge in [-0.2, -0.15) is 11.8 Å². The van der Waals surface area contributed by atoms with Crippen molar-refractivity contribution in [3.63, 3.8) is 0 Å². The number of rotatable bonds is 9. The predicted octanol–water partition coefficient (Wildman–Crippen LogP) is 5.71. The molecule has 0 bridgehead atoms. The Bertz CT molecular complexity index is 1240. The minimum Gasteiger partial charge on any atom is -0.493 e. The smallest absolute Gasteiger partial charge is 0.315 e. The number of Topliss-reactive ketones (excluding diaryl/α,β-unsaturated/α-hetero) is 1. The van der Waals surface area contributed by atoms with Gasteiger partial charge in [0.2, 0.25) is 0 Å². The van der Waals surface area contributed by atoms with Gasteiger partial charge in [0.05, 0.1) is 14.2 Å². The zero-order chi connectivity index (χ0) is 26.5. The SMILES string of the molecule is CCSCCOC(=O)C1C(C)=NC2=C(C(=O)C[C@@H](c3ccc(OC)c(OC)c3)C2)[C@H]1c1cccc(F)c1. The van der Waals surface area contributed by atoms with Crippen LogP contribution in [0.25, 0.3) is 0 Å². The molecule has 0 saturated heterocycles. The maximum absolute atomic E-state index is 14.3. The van der Waals surface area contributed by atoms with E-state index in [1.54, 1.807) is 45.0 Å². The second-order valence-electron chi connectivity index (χ2n) is 9.13. The molecular formula is C29H32FNO5S. The van der Waals surface area contributed by atoms with Crippen LogP contribution in [-0.4, -0.2) is 49.8 Å². The third-order valence-electron chi connectivity index (χ3n) is 6.91. The third kappa shape index (κ3) is 5.74. The summed E-state index contributed by atoms with van der Waals surface area (Å²) >= 11 is 1.68. The monoisotopic (exact) mass is 525 g/mol. The fraction of sp³-hybridized carbons (Fsp3) is 0.414. The van der Waals surface area contributed by atoms with Crippen molar-refractivity contribution in [1.82, 2.24) is 0 Å². The van der Waals surface area contributed by atoms with Gasteiger partial charge >= 0.3 is 5.97 Å². The Hall–Kier alpha value is -3.13. The van der Waals surface area contributed by atoms with Crippen LogP contribution in [0.1, 0.15) is 49.7 Å². The van der Waals surface area contributed by atoms with E-state index >= 15 is 0 Å². The average Bonchev–Trinajstić information content (AvgIpc) is 2.89. The van der Waals surface area contributed by atoms with Crippen LogP contribution in [0.3, 0.4) is 0 Å². The summed E-state index contributed by atoms with van der Waals surface area (Å²) in [4.78, 5) is 31.7. The molecule has 0 fully saturated rings. The molecule has 1 heterocycles. The highest BCUT2D eigenvalue weighted by atomic mass is 32.2. The summed E-state index contributed by atoms with van der Waals surface area (Å²) in [5.74, 6) is 0.348. The van der Waals surface area contributed by atoms with Crippen LogP contribution in [-0.2, 0) is 14.3 Å². The molecule has 6 nitrogen and oxygen atoms in total. The van der Waals surface area contributed by atoms with Crippen LogP contribution in [0.4, 0.5) is 4.39 Å². The van der Waals surface area contributed by atoms with Crippen LogP contribution in [0.5, 0.6) is 11.5 Å². The Balaban J connectivity index is 1.71. The molecular weight excluding hydrogens is 493 g/mol. The molecule has 0 aromatic heterocycles. The molecule has 0 N–H and O–H groups in total. The summed E-state index contributed by atoms with van der Waals surface area (Å²) in [5, 5.41) is 0. The zero-order valence-electron chi connectivity index (χ0n) is 21.6. The van der Waals surface area contributed by atoms with Gasteiger partial charge in [0.15, 0.2) is 17.3 Å². The van der Waals surface area contributed by atoms with E-state index < -0.39 is 23.6 Å². The van der Waals surface area contributed by atoms with Crippen molar-refractivity contribution in [3.05, 3.63) is 70.7 Å². The molecule has 0 saturated carbocycles. The fourth-order valence-corrected chi connectivity index (χ4v) is 5.69. The first-order chi connectivity index (χ1) is 17.9. The number of allylic oxidation sites excluding steroid dienone is 2. The van der Waals surface area contributed by atoms with Crippen molar-refractivity contribution in [2.24, 2.45) is 10.9 Å². The lowest BCUT2D eigenvalue weighted by Gasteiger charge is -2.36. The first kappa shape index (κ1) is 26.9. The van der Waals surface area contributed by atoms with Crippen LogP contribution in [0.15, 0.2) is 58.7 Å². The number of hydrogen-bond donors (Lipinski definition) is 0. The average molecular weight is 526 g/mol. The lowest BCUT2D eigenvalue weighted by Crippen LogP contribution is -2.38. The molecule has 1 aliphatic carbocycles. The Labute approximate surface area is 221 Å². The number of hydrogen-bond acceptors (Lipinski definition) is 7. The molecule has 1 aliphatic heterocycles. The molecule has 0 radical (unpaired) electrons. The molecule has 2 aromatic rings. The summed E-state index contributed by atoms with van der Waals surface area (Å²) in [5.41, 5.74) is 3.22. The number of aliphatic imine (C=N–C) groups is 1. The molecule has 0 spiro atoms. The molecule has 1 unspecified atom stereocenters. The number of carbonyl (C=O) groups excluding carboxylic acids is 2. The number of benzene rings is 2. The minimum atomic E-state index is -0.784. The van der Waals surface area contributed by atoms with E-state index in [-0.39, 0.29) is 24.7 Å². The summed E-state index contributed by atoms with van der Waals surface area (Å²) in [7, 11) is 3.15. The second-order valence-corrected chi connectivity index (χ2v) is 10.5. The Morgan fingerprint density at radius 1 is 1.08 bits per heavy atom. The number of esters is 1. The molecule has 0 amide bonds. The van der Waals surface area contributed by atoms with Gasteiger partial charge in [-0.15, -0.1) is 0 Å². The van der Waals surface area contributed by atoms with Gasteiger partial charge in [-0.1, -0.05) is 25.1 Å². The van der Waals surface area contributed by atoms with Crippen molar-refractivity contribution >= 4 is 29.2 Å². The Kier molecular flexibility index (Phi) is 8.69. The molecule has 196 valence electrons. The highest BCUT2D eigenvalue weighted by Crippen LogP contribution is 2.47. The van der Waals surface area contributed by atoms with Crippen molar-refractivity contribution in [2.45, 2.75) is 38.5 Å². The largest absolute Gasteiger partial charge is 0.493 e. The Morgan fingerprint density at radius 2 is 1.86 bits per heavy atom.